The van der Waals surface area contributed by atoms with E-state index in [2.05, 4.69) is 73.9 Å². The molecule has 0 fully saturated rings. The zero-order chi connectivity index (χ0) is 32.9. The Kier molecular flexibility index (Phi) is 7.92. The summed E-state index contributed by atoms with van der Waals surface area (Å²) in [6, 6.07) is 18.9. The largest absolute Gasteiger partial charge is 0.485 e. The van der Waals surface area contributed by atoms with Crippen molar-refractivity contribution in [2.24, 2.45) is 11.0 Å². The number of likely N-dealkylation sites (N-methyl/N-ethyl adjacent to an activating group) is 1. The highest BCUT2D eigenvalue weighted by molar-refractivity contribution is 6.31. The number of amides is 1. The molecule has 1 aromatic heterocycles. The number of ether oxygens (including phenoxy) is 1. The van der Waals surface area contributed by atoms with Crippen molar-refractivity contribution in [1.82, 2.24) is 9.91 Å². The maximum absolute atomic E-state index is 14.4. The molecule has 3 unspecified atom stereocenters. The lowest BCUT2D eigenvalue weighted by Crippen LogP contribution is -2.55. The van der Waals surface area contributed by atoms with Gasteiger partial charge in [0.2, 0.25) is 5.43 Å². The molecule has 1 aliphatic carbocycles. The molecule has 7 rings (SSSR count). The number of nitrogens with zero attached hydrogens (tertiary/aromatic N) is 4. The molecule has 8 nitrogen and oxygen atoms in total. The molecule has 4 aromatic rings. The van der Waals surface area contributed by atoms with E-state index in [0.717, 1.165) is 48.7 Å². The van der Waals surface area contributed by atoms with E-state index >= 15 is 0 Å². The Morgan fingerprint density at radius 1 is 0.936 bits per heavy atom. The summed E-state index contributed by atoms with van der Waals surface area (Å²) in [5.74, 6) is 0.132. The van der Waals surface area contributed by atoms with Crippen LogP contribution in [0.4, 0.5) is 5.69 Å². The molecule has 1 spiro atoms. The first kappa shape index (κ1) is 30.8. The van der Waals surface area contributed by atoms with E-state index in [1.54, 1.807) is 23.2 Å². The molecule has 3 heterocycles. The zero-order valence-electron chi connectivity index (χ0n) is 26.9. The molecular formula is C38H37ClN4O4. The van der Waals surface area contributed by atoms with Crippen LogP contribution in [0.3, 0.4) is 0 Å². The molecule has 0 N–H and O–H groups in total. The summed E-state index contributed by atoms with van der Waals surface area (Å²) >= 11 is 6.21. The highest BCUT2D eigenvalue weighted by Gasteiger charge is 2.61. The van der Waals surface area contributed by atoms with E-state index in [4.69, 9.17) is 25.9 Å². The maximum atomic E-state index is 14.4. The Balaban J connectivity index is 1.45. The lowest BCUT2D eigenvalue weighted by atomic mass is 9.68. The number of fused-ring (bicyclic) bond motifs is 7. The summed E-state index contributed by atoms with van der Waals surface area (Å²) in [6.45, 7) is 11.9. The molecule has 2 aliphatic heterocycles. The fourth-order valence-electron chi connectivity index (χ4n) is 7.40. The normalized spacial score (nSPS) is 21.1. The van der Waals surface area contributed by atoms with Gasteiger partial charge < -0.3 is 19.0 Å². The van der Waals surface area contributed by atoms with Crippen LogP contribution in [0, 0.1) is 5.92 Å². The number of anilines is 1. The predicted molar refractivity (Wildman–Crippen MR) is 187 cm³/mol. The van der Waals surface area contributed by atoms with Crippen LogP contribution in [0.2, 0.25) is 5.02 Å². The second-order valence-corrected chi connectivity index (χ2v) is 12.4. The predicted octanol–water partition coefficient (Wildman–Crippen LogP) is 7.20. The lowest BCUT2D eigenvalue weighted by Gasteiger charge is -2.49. The minimum absolute atomic E-state index is 0.210. The summed E-state index contributed by atoms with van der Waals surface area (Å²) in [6.07, 6.45) is 8.86. The molecule has 3 aliphatic rings. The van der Waals surface area contributed by atoms with Gasteiger partial charge in [0.25, 0.3) is 5.91 Å². The molecule has 47 heavy (non-hydrogen) atoms. The van der Waals surface area contributed by atoms with E-state index in [-0.39, 0.29) is 28.9 Å². The van der Waals surface area contributed by atoms with Crippen LogP contribution in [-0.4, -0.2) is 54.3 Å². The number of hydrogen-bond acceptors (Lipinski definition) is 7. The summed E-state index contributed by atoms with van der Waals surface area (Å²) in [5, 5.41) is 7.18. The Morgan fingerprint density at radius 3 is 2.47 bits per heavy atom. The van der Waals surface area contributed by atoms with Gasteiger partial charge in [0.05, 0.1) is 23.1 Å². The number of benzene rings is 3. The van der Waals surface area contributed by atoms with Gasteiger partial charge in [0, 0.05) is 59.8 Å². The fourth-order valence-corrected chi connectivity index (χ4v) is 7.57. The minimum atomic E-state index is -1.05. The molecule has 0 saturated heterocycles. The van der Waals surface area contributed by atoms with Crippen molar-refractivity contribution in [2.45, 2.75) is 39.3 Å². The van der Waals surface area contributed by atoms with Crippen LogP contribution in [-0.2, 0) is 5.54 Å². The van der Waals surface area contributed by atoms with Gasteiger partial charge in [-0.15, -0.1) is 0 Å². The zero-order valence-corrected chi connectivity index (χ0v) is 27.7. The van der Waals surface area contributed by atoms with Crippen molar-refractivity contribution in [3.05, 3.63) is 128 Å². The van der Waals surface area contributed by atoms with Gasteiger partial charge in [-0.2, -0.15) is 5.10 Å². The first-order valence-electron chi connectivity index (χ1n) is 16.3. The molecule has 3 atom stereocenters. The Hall–Kier alpha value is -4.82. The maximum Gasteiger partial charge on any atom is 0.275 e. The van der Waals surface area contributed by atoms with Crippen LogP contribution in [0.1, 0.15) is 54.7 Å². The number of hydrazone groups is 1. The average molecular weight is 649 g/mol. The van der Waals surface area contributed by atoms with Crippen LogP contribution >= 0.6 is 11.6 Å². The van der Waals surface area contributed by atoms with E-state index < -0.39 is 5.54 Å². The van der Waals surface area contributed by atoms with Gasteiger partial charge in [-0.1, -0.05) is 41.9 Å². The smallest absolute Gasteiger partial charge is 0.275 e. The van der Waals surface area contributed by atoms with Crippen LogP contribution in [0.5, 0.6) is 5.75 Å². The van der Waals surface area contributed by atoms with Crippen LogP contribution in [0.25, 0.3) is 11.0 Å². The van der Waals surface area contributed by atoms with Crippen LogP contribution < -0.4 is 15.1 Å². The third-order valence-corrected chi connectivity index (χ3v) is 9.94. The Bertz CT molecular complexity index is 2030. The van der Waals surface area contributed by atoms with Gasteiger partial charge in [-0.25, -0.2) is 5.01 Å². The van der Waals surface area contributed by atoms with Crippen molar-refractivity contribution in [2.75, 3.05) is 31.1 Å². The summed E-state index contributed by atoms with van der Waals surface area (Å²) in [5.41, 5.74) is 3.67. The highest BCUT2D eigenvalue weighted by Crippen LogP contribution is 2.57. The summed E-state index contributed by atoms with van der Waals surface area (Å²) in [4.78, 5) is 32.5. The van der Waals surface area contributed by atoms with Gasteiger partial charge in [0.15, 0.2) is 0 Å². The van der Waals surface area contributed by atoms with Gasteiger partial charge in [-0.05, 0) is 75.7 Å². The summed E-state index contributed by atoms with van der Waals surface area (Å²) < 4.78 is 12.6. The standard InChI is InChI=1S/C38H37ClN4O4/c1-5-41(6-2)26-14-16-31-34(20-26)47-35-21-27(42(7-3)8-4)15-17-32(35)38(31)30-12-10-9-11-28(30)37(45)43(38)40-22-24-23-46-33-18-13-25(39)19-29(33)36(24)44/h9-23,31,34H,5-8H2,1-4H3/b40-22+. The number of allylic oxidation sites excluding steroid dienone is 1. The molecule has 9 heteroatoms. The monoisotopic (exact) mass is 648 g/mol. The second kappa shape index (κ2) is 12.1. The van der Waals surface area contributed by atoms with Crippen molar-refractivity contribution >= 4 is 40.4 Å². The van der Waals surface area contributed by atoms with Crippen molar-refractivity contribution < 1.29 is 13.9 Å². The quantitative estimate of drug-likeness (QED) is 0.188. The molecule has 1 amide bonds. The number of rotatable bonds is 8. The Morgan fingerprint density at radius 2 is 1.70 bits per heavy atom. The van der Waals surface area contributed by atoms with Crippen molar-refractivity contribution in [1.29, 1.82) is 0 Å². The molecular weight excluding hydrogens is 612 g/mol. The van der Waals surface area contributed by atoms with Crippen molar-refractivity contribution in [3.8, 4) is 5.75 Å². The number of carbonyl (C=O) groups is 1. The first-order chi connectivity index (χ1) is 22.8. The summed E-state index contributed by atoms with van der Waals surface area (Å²) in [7, 11) is 0. The minimum Gasteiger partial charge on any atom is -0.485 e. The Labute approximate surface area is 279 Å². The van der Waals surface area contributed by atoms with Gasteiger partial charge >= 0.3 is 0 Å². The van der Waals surface area contributed by atoms with Gasteiger partial charge in [0.1, 0.15) is 29.2 Å². The topological polar surface area (TPSA) is 78.6 Å². The molecule has 240 valence electrons. The number of halogens is 1. The van der Waals surface area contributed by atoms with E-state index in [1.807, 2.05) is 24.3 Å². The van der Waals surface area contributed by atoms with Crippen molar-refractivity contribution in [3.63, 3.8) is 0 Å². The SMILES string of the molecule is CCN(CC)C1=CC2Oc3cc(N(CC)CC)ccc3C3(c4ccccc4C(=O)N3/N=C/c3coc4ccc(Cl)cc4c3=O)C2C=C1. The third kappa shape index (κ3) is 4.76. The van der Waals surface area contributed by atoms with E-state index in [0.29, 0.717) is 27.3 Å². The third-order valence-electron chi connectivity index (χ3n) is 9.71. The van der Waals surface area contributed by atoms with E-state index in [9.17, 15) is 9.59 Å². The first-order valence-corrected chi connectivity index (χ1v) is 16.6. The van der Waals surface area contributed by atoms with Crippen LogP contribution in [0.15, 0.2) is 105 Å². The number of carbonyl (C=O) groups excluding carboxylic acids is 1. The molecule has 0 bridgehead atoms. The molecule has 0 saturated carbocycles. The van der Waals surface area contributed by atoms with Gasteiger partial charge in [-0.3, -0.25) is 9.59 Å². The fraction of sp³-hybridized carbons (Fsp3) is 0.289. The lowest BCUT2D eigenvalue weighted by molar-refractivity contribution is 0.0236. The second-order valence-electron chi connectivity index (χ2n) is 11.9. The average Bonchev–Trinajstić information content (AvgIpc) is 3.33. The highest BCUT2D eigenvalue weighted by atomic mass is 35.5. The molecule has 3 aromatic carbocycles. The number of hydrogen-bond donors (Lipinski definition) is 0. The van der Waals surface area contributed by atoms with E-state index in [1.165, 1.54) is 12.5 Å². The molecule has 0 radical (unpaired) electrons.